The van der Waals surface area contributed by atoms with Crippen molar-refractivity contribution in [3.63, 3.8) is 0 Å². The average molecular weight is 505 g/mol. The van der Waals surface area contributed by atoms with Crippen LogP contribution in [0.2, 0.25) is 0 Å². The molecular formula is C27H28N4O2S2. The molecule has 6 nitrogen and oxygen atoms in total. The lowest BCUT2D eigenvalue weighted by atomic mass is 10.0. The predicted octanol–water partition coefficient (Wildman–Crippen LogP) is 4.78. The molecule has 4 aromatic heterocycles. The Morgan fingerprint density at radius 3 is 2.14 bits per heavy atom. The molecule has 0 bridgehead atoms. The van der Waals surface area contributed by atoms with Crippen LogP contribution < -0.4 is 11.1 Å². The van der Waals surface area contributed by atoms with Crippen molar-refractivity contribution in [1.82, 2.24) is 15.3 Å². The van der Waals surface area contributed by atoms with Gasteiger partial charge in [-0.15, -0.1) is 22.7 Å². The minimum atomic E-state index is -0.0604. The molecular weight excluding hydrogens is 476 g/mol. The second-order valence-corrected chi connectivity index (χ2v) is 11.2. The Balaban J connectivity index is 1.11. The summed E-state index contributed by atoms with van der Waals surface area (Å²) in [5.74, 6) is 0. The third-order valence-corrected chi connectivity index (χ3v) is 9.12. The summed E-state index contributed by atoms with van der Waals surface area (Å²) in [6, 6.07) is 12.8. The predicted molar refractivity (Wildman–Crippen MR) is 141 cm³/mol. The summed E-state index contributed by atoms with van der Waals surface area (Å²) in [5, 5.41) is 3.63. The molecule has 6 rings (SSSR count). The summed E-state index contributed by atoms with van der Waals surface area (Å²) in [6.45, 7) is 2.79. The lowest BCUT2D eigenvalue weighted by molar-refractivity contribution is -0.0214. The van der Waals surface area contributed by atoms with Crippen LogP contribution in [0.4, 0.5) is 0 Å². The molecule has 0 radical (unpaired) electrons. The average Bonchev–Trinajstić information content (AvgIpc) is 3.54. The number of hydrogen-bond donors (Lipinski definition) is 2. The van der Waals surface area contributed by atoms with Crippen molar-refractivity contribution in [1.29, 1.82) is 0 Å². The molecule has 0 aliphatic carbocycles. The molecule has 3 unspecified atom stereocenters. The Morgan fingerprint density at radius 2 is 1.49 bits per heavy atom. The van der Waals surface area contributed by atoms with Crippen LogP contribution in [0.15, 0.2) is 61.2 Å². The molecule has 0 fully saturated rings. The molecule has 3 atom stereocenters. The minimum absolute atomic E-state index is 0.0604. The summed E-state index contributed by atoms with van der Waals surface area (Å²) in [6.07, 6.45) is 9.35. The molecule has 0 amide bonds. The molecule has 0 spiro atoms. The minimum Gasteiger partial charge on any atom is -0.372 e. The van der Waals surface area contributed by atoms with Gasteiger partial charge in [-0.25, -0.2) is 0 Å². The van der Waals surface area contributed by atoms with Crippen molar-refractivity contribution in [3.8, 4) is 20.9 Å². The van der Waals surface area contributed by atoms with Crippen molar-refractivity contribution in [3.05, 3.63) is 82.1 Å². The number of nitrogens with zero attached hydrogens (tertiary/aromatic N) is 2. The molecule has 6 heterocycles. The van der Waals surface area contributed by atoms with E-state index in [0.717, 1.165) is 32.5 Å². The van der Waals surface area contributed by atoms with Gasteiger partial charge in [-0.1, -0.05) is 0 Å². The number of aromatic nitrogens is 2. The fourth-order valence-corrected chi connectivity index (χ4v) is 7.38. The van der Waals surface area contributed by atoms with Gasteiger partial charge in [0.05, 0.1) is 24.9 Å². The van der Waals surface area contributed by atoms with Gasteiger partial charge in [-0.3, -0.25) is 9.97 Å². The monoisotopic (exact) mass is 504 g/mol. The maximum atomic E-state index is 6.39. The second-order valence-electron chi connectivity index (χ2n) is 8.90. The van der Waals surface area contributed by atoms with Gasteiger partial charge in [0.15, 0.2) is 0 Å². The van der Waals surface area contributed by atoms with E-state index in [-0.39, 0.29) is 18.3 Å². The first-order valence-electron chi connectivity index (χ1n) is 12.0. The van der Waals surface area contributed by atoms with Crippen molar-refractivity contribution in [2.45, 2.75) is 31.2 Å². The number of ether oxygens (including phenoxy) is 2. The third-order valence-electron chi connectivity index (χ3n) is 6.64. The van der Waals surface area contributed by atoms with Crippen molar-refractivity contribution >= 4 is 22.7 Å². The number of fused-ring (bicyclic) bond motifs is 2. The number of rotatable bonds is 7. The lowest BCUT2D eigenvalue weighted by Gasteiger charge is -2.30. The Morgan fingerprint density at radius 1 is 0.857 bits per heavy atom. The van der Waals surface area contributed by atoms with E-state index in [0.29, 0.717) is 6.54 Å². The summed E-state index contributed by atoms with van der Waals surface area (Å²) in [4.78, 5) is 13.6. The quantitative estimate of drug-likeness (QED) is 0.377. The Kier molecular flexibility index (Phi) is 6.73. The van der Waals surface area contributed by atoms with E-state index in [9.17, 15) is 0 Å². The maximum absolute atomic E-state index is 6.39. The van der Waals surface area contributed by atoms with Gasteiger partial charge in [-0.2, -0.15) is 0 Å². The van der Waals surface area contributed by atoms with Crippen LogP contribution in [-0.4, -0.2) is 42.3 Å². The van der Waals surface area contributed by atoms with Gasteiger partial charge in [0.2, 0.25) is 0 Å². The van der Waals surface area contributed by atoms with Gasteiger partial charge in [0.25, 0.3) is 0 Å². The summed E-state index contributed by atoms with van der Waals surface area (Å²) < 4.78 is 12.6. The molecule has 0 aromatic carbocycles. The van der Waals surface area contributed by atoms with E-state index in [1.54, 1.807) is 0 Å². The zero-order valence-corrected chi connectivity index (χ0v) is 21.0. The molecule has 0 saturated carbocycles. The highest BCUT2D eigenvalue weighted by atomic mass is 32.1. The summed E-state index contributed by atoms with van der Waals surface area (Å²) >= 11 is 3.72. The van der Waals surface area contributed by atoms with E-state index in [4.69, 9.17) is 15.2 Å². The topological polar surface area (TPSA) is 82.3 Å². The van der Waals surface area contributed by atoms with E-state index in [1.807, 2.05) is 47.5 Å². The van der Waals surface area contributed by atoms with Crippen LogP contribution >= 0.6 is 22.7 Å². The van der Waals surface area contributed by atoms with Crippen LogP contribution in [0.1, 0.15) is 33.1 Å². The van der Waals surface area contributed by atoms with Gasteiger partial charge in [0, 0.05) is 76.8 Å². The normalized spacial score (nSPS) is 21.5. The molecule has 8 heteroatoms. The Labute approximate surface area is 213 Å². The first kappa shape index (κ1) is 23.0. The zero-order valence-electron chi connectivity index (χ0n) is 19.4. The molecule has 2 aliphatic rings. The first-order chi connectivity index (χ1) is 17.3. The highest BCUT2D eigenvalue weighted by Gasteiger charge is 2.30. The smallest absolute Gasteiger partial charge is 0.0962 e. The molecule has 180 valence electrons. The Hall–Kier alpha value is -2.46. The van der Waals surface area contributed by atoms with Gasteiger partial charge < -0.3 is 20.5 Å². The molecule has 2 aliphatic heterocycles. The molecule has 4 aromatic rings. The van der Waals surface area contributed by atoms with Crippen LogP contribution in [0.25, 0.3) is 20.9 Å². The largest absolute Gasteiger partial charge is 0.372 e. The number of nitrogens with one attached hydrogen (secondary N) is 1. The molecule has 0 saturated heterocycles. The van der Waals surface area contributed by atoms with Crippen LogP contribution in [-0.2, 0) is 22.3 Å². The van der Waals surface area contributed by atoms with Gasteiger partial charge in [-0.05, 0) is 58.7 Å². The first-order valence-corrected chi connectivity index (χ1v) is 13.7. The summed E-state index contributed by atoms with van der Waals surface area (Å²) in [5.41, 5.74) is 11.1. The third kappa shape index (κ3) is 4.82. The van der Waals surface area contributed by atoms with Crippen LogP contribution in [0.3, 0.4) is 0 Å². The zero-order chi connectivity index (χ0) is 23.6. The van der Waals surface area contributed by atoms with E-state index < -0.39 is 0 Å². The number of pyridine rings is 2. The van der Waals surface area contributed by atoms with Crippen molar-refractivity contribution in [2.75, 3.05) is 26.2 Å². The van der Waals surface area contributed by atoms with Crippen LogP contribution in [0.5, 0.6) is 0 Å². The Bertz CT molecular complexity index is 1280. The number of hydrogen-bond acceptors (Lipinski definition) is 8. The van der Waals surface area contributed by atoms with Gasteiger partial charge in [0.1, 0.15) is 0 Å². The molecule has 35 heavy (non-hydrogen) atoms. The fraction of sp³-hybridized carbons (Fsp3) is 0.333. The van der Waals surface area contributed by atoms with E-state index in [2.05, 4.69) is 51.7 Å². The van der Waals surface area contributed by atoms with E-state index in [1.165, 1.54) is 41.8 Å². The fourth-order valence-electron chi connectivity index (χ4n) is 4.89. The van der Waals surface area contributed by atoms with Crippen molar-refractivity contribution < 1.29 is 9.47 Å². The number of nitrogens with two attached hydrogens (primary N) is 1. The van der Waals surface area contributed by atoms with Gasteiger partial charge >= 0.3 is 0 Å². The van der Waals surface area contributed by atoms with Crippen molar-refractivity contribution in [2.24, 2.45) is 5.73 Å². The van der Waals surface area contributed by atoms with Crippen LogP contribution in [0, 0.1) is 0 Å². The standard InChI is InChI=1S/C27H28N4O2S2/c28-14-22-20-12-26(18-3-8-30-9-4-18)35-27(20)11-19(33-22)15-31-16-23-21-13-25(17-1-6-29-7-2-17)34-24(21)5-10-32-23/h1-4,6-9,12-13,19,22-23,31H,5,10-11,14-16,28H2. The number of thiophene rings is 2. The summed E-state index contributed by atoms with van der Waals surface area (Å²) in [7, 11) is 0. The van der Waals surface area contributed by atoms with E-state index >= 15 is 0 Å². The maximum Gasteiger partial charge on any atom is 0.0962 e. The second kappa shape index (κ2) is 10.3. The SMILES string of the molecule is NCC1OC(CNCC2OCCc3sc(-c4ccncc4)cc32)Cc2sc(-c3ccncc3)cc21. The lowest BCUT2D eigenvalue weighted by Crippen LogP contribution is -2.38. The highest BCUT2D eigenvalue weighted by molar-refractivity contribution is 7.16. The molecule has 3 N–H and O–H groups in total. The highest BCUT2D eigenvalue weighted by Crippen LogP contribution is 2.40.